The highest BCUT2D eigenvalue weighted by atomic mass is 127. The Kier molecular flexibility index (Phi) is 13.6. The molecule has 0 amide bonds. The second-order valence-electron chi connectivity index (χ2n) is 4.78. The molecule has 1 rings (SSSR count). The van der Waals surface area contributed by atoms with Crippen molar-refractivity contribution < 1.29 is 9.47 Å². The van der Waals surface area contributed by atoms with Crippen LogP contribution in [0.5, 0.6) is 0 Å². The number of hydrogen-bond acceptors (Lipinski definition) is 4. The summed E-state index contributed by atoms with van der Waals surface area (Å²) in [6, 6.07) is 8.61. The molecule has 23 heavy (non-hydrogen) atoms. The smallest absolute Gasteiger partial charge is 0.193 e. The molecule has 0 saturated carbocycles. The van der Waals surface area contributed by atoms with Gasteiger partial charge in [-0.25, -0.2) is 0 Å². The molecule has 132 valence electrons. The van der Waals surface area contributed by atoms with Gasteiger partial charge in [0.05, 0.1) is 19.8 Å². The van der Waals surface area contributed by atoms with Crippen molar-refractivity contribution in [1.82, 2.24) is 10.2 Å². The van der Waals surface area contributed by atoms with Crippen LogP contribution in [0.25, 0.3) is 0 Å². The zero-order valence-electron chi connectivity index (χ0n) is 14.4. The van der Waals surface area contributed by atoms with Gasteiger partial charge in [-0.15, -0.1) is 35.7 Å². The van der Waals surface area contributed by atoms with Gasteiger partial charge in [-0.3, -0.25) is 4.99 Å². The van der Waals surface area contributed by atoms with E-state index >= 15 is 0 Å². The van der Waals surface area contributed by atoms with Gasteiger partial charge in [0, 0.05) is 39.2 Å². The van der Waals surface area contributed by atoms with Crippen molar-refractivity contribution >= 4 is 41.7 Å². The monoisotopic (exact) mass is 453 g/mol. The Morgan fingerprint density at radius 1 is 1.22 bits per heavy atom. The number of hydrogen-bond donors (Lipinski definition) is 1. The van der Waals surface area contributed by atoms with Crippen LogP contribution in [-0.4, -0.2) is 64.7 Å². The molecule has 0 aliphatic carbocycles. The molecule has 0 aliphatic heterocycles. The van der Waals surface area contributed by atoms with Gasteiger partial charge in [-0.05, 0) is 24.0 Å². The standard InChI is InChI=1S/C16H27N3O2S.HI/c1-17-16(18-9-10-21-12-11-20-3)19(2)13-14-5-7-15(22-4)8-6-14;/h5-8H,9-13H2,1-4H3,(H,17,18);1H. The summed E-state index contributed by atoms with van der Waals surface area (Å²) in [6.07, 6.45) is 2.08. The summed E-state index contributed by atoms with van der Waals surface area (Å²) in [4.78, 5) is 7.68. The Morgan fingerprint density at radius 2 is 1.91 bits per heavy atom. The van der Waals surface area contributed by atoms with Crippen LogP contribution in [0.4, 0.5) is 0 Å². The van der Waals surface area contributed by atoms with E-state index in [1.165, 1.54) is 10.5 Å². The first kappa shape index (κ1) is 22.5. The molecule has 0 atom stereocenters. The zero-order chi connectivity index (χ0) is 16.2. The van der Waals surface area contributed by atoms with Crippen LogP contribution in [0.2, 0.25) is 0 Å². The maximum Gasteiger partial charge on any atom is 0.193 e. The van der Waals surface area contributed by atoms with Gasteiger partial charge in [-0.1, -0.05) is 12.1 Å². The highest BCUT2D eigenvalue weighted by Gasteiger charge is 2.06. The maximum atomic E-state index is 5.43. The van der Waals surface area contributed by atoms with E-state index in [-0.39, 0.29) is 24.0 Å². The lowest BCUT2D eigenvalue weighted by atomic mass is 10.2. The van der Waals surface area contributed by atoms with E-state index in [9.17, 15) is 0 Å². The number of rotatable bonds is 9. The van der Waals surface area contributed by atoms with Gasteiger partial charge < -0.3 is 19.7 Å². The van der Waals surface area contributed by atoms with E-state index in [1.807, 2.05) is 7.05 Å². The van der Waals surface area contributed by atoms with Crippen LogP contribution in [0.15, 0.2) is 34.2 Å². The van der Waals surface area contributed by atoms with Gasteiger partial charge in [-0.2, -0.15) is 0 Å². The number of halogens is 1. The summed E-state index contributed by atoms with van der Waals surface area (Å²) in [5.41, 5.74) is 1.26. The molecule has 0 unspecified atom stereocenters. The molecule has 0 bridgehead atoms. The molecule has 1 aromatic rings. The Labute approximate surface area is 161 Å². The van der Waals surface area contributed by atoms with Gasteiger partial charge in [0.25, 0.3) is 0 Å². The van der Waals surface area contributed by atoms with Crippen molar-refractivity contribution in [2.75, 3.05) is 53.8 Å². The minimum absolute atomic E-state index is 0. The number of thioether (sulfide) groups is 1. The van der Waals surface area contributed by atoms with Crippen molar-refractivity contribution in [3.05, 3.63) is 29.8 Å². The number of benzene rings is 1. The number of guanidine groups is 1. The highest BCUT2D eigenvalue weighted by Crippen LogP contribution is 2.15. The van der Waals surface area contributed by atoms with E-state index in [0.717, 1.165) is 19.0 Å². The van der Waals surface area contributed by atoms with Crippen molar-refractivity contribution in [2.24, 2.45) is 4.99 Å². The molecule has 0 spiro atoms. The quantitative estimate of drug-likeness (QED) is 0.205. The van der Waals surface area contributed by atoms with Gasteiger partial charge in [0.15, 0.2) is 5.96 Å². The van der Waals surface area contributed by atoms with Gasteiger partial charge in [0.1, 0.15) is 0 Å². The van der Waals surface area contributed by atoms with E-state index in [1.54, 1.807) is 25.9 Å². The average Bonchev–Trinajstić information content (AvgIpc) is 2.55. The van der Waals surface area contributed by atoms with Crippen LogP contribution < -0.4 is 5.32 Å². The predicted molar refractivity (Wildman–Crippen MR) is 109 cm³/mol. The van der Waals surface area contributed by atoms with E-state index in [0.29, 0.717) is 19.8 Å². The Morgan fingerprint density at radius 3 is 2.48 bits per heavy atom. The Bertz CT molecular complexity index is 443. The third-order valence-electron chi connectivity index (χ3n) is 3.11. The highest BCUT2D eigenvalue weighted by molar-refractivity contribution is 14.0. The third kappa shape index (κ3) is 9.39. The first-order chi connectivity index (χ1) is 10.7. The first-order valence-electron chi connectivity index (χ1n) is 7.32. The van der Waals surface area contributed by atoms with Crippen LogP contribution in [0.1, 0.15) is 5.56 Å². The molecule has 0 saturated heterocycles. The molecule has 0 heterocycles. The van der Waals surface area contributed by atoms with Crippen molar-refractivity contribution in [3.8, 4) is 0 Å². The number of nitrogens with zero attached hydrogens (tertiary/aromatic N) is 2. The van der Waals surface area contributed by atoms with Crippen molar-refractivity contribution in [3.63, 3.8) is 0 Å². The van der Waals surface area contributed by atoms with Gasteiger partial charge in [0.2, 0.25) is 0 Å². The molecule has 0 fully saturated rings. The maximum absolute atomic E-state index is 5.43. The van der Waals surface area contributed by atoms with E-state index < -0.39 is 0 Å². The number of aliphatic imine (C=N–C) groups is 1. The Hall–Kier alpha value is -0.510. The van der Waals surface area contributed by atoms with Crippen LogP contribution in [0, 0.1) is 0 Å². The fraction of sp³-hybridized carbons (Fsp3) is 0.562. The molecule has 5 nitrogen and oxygen atoms in total. The second-order valence-corrected chi connectivity index (χ2v) is 5.66. The molecule has 0 aromatic heterocycles. The molecule has 7 heteroatoms. The predicted octanol–water partition coefficient (Wildman–Crippen LogP) is 2.70. The summed E-state index contributed by atoms with van der Waals surface area (Å²) < 4.78 is 10.4. The lowest BCUT2D eigenvalue weighted by molar-refractivity contribution is 0.0731. The van der Waals surface area contributed by atoms with E-state index in [4.69, 9.17) is 9.47 Å². The molecular weight excluding hydrogens is 425 g/mol. The largest absolute Gasteiger partial charge is 0.382 e. The lowest BCUT2D eigenvalue weighted by Crippen LogP contribution is -2.40. The topological polar surface area (TPSA) is 46.1 Å². The normalized spacial score (nSPS) is 11.0. The van der Waals surface area contributed by atoms with Crippen LogP contribution >= 0.6 is 35.7 Å². The number of methoxy groups -OCH3 is 1. The van der Waals surface area contributed by atoms with Crippen LogP contribution in [0.3, 0.4) is 0 Å². The summed E-state index contributed by atoms with van der Waals surface area (Å²) in [6.45, 7) is 3.43. The minimum Gasteiger partial charge on any atom is -0.382 e. The first-order valence-corrected chi connectivity index (χ1v) is 8.55. The molecule has 1 N–H and O–H groups in total. The fourth-order valence-electron chi connectivity index (χ4n) is 1.94. The second kappa shape index (κ2) is 13.9. The third-order valence-corrected chi connectivity index (χ3v) is 3.86. The molecule has 0 radical (unpaired) electrons. The lowest BCUT2D eigenvalue weighted by Gasteiger charge is -2.22. The number of ether oxygens (including phenoxy) is 2. The average molecular weight is 453 g/mol. The number of nitrogens with one attached hydrogen (secondary N) is 1. The van der Waals surface area contributed by atoms with Crippen molar-refractivity contribution in [2.45, 2.75) is 11.4 Å². The van der Waals surface area contributed by atoms with Crippen molar-refractivity contribution in [1.29, 1.82) is 0 Å². The summed E-state index contributed by atoms with van der Waals surface area (Å²) in [5, 5.41) is 3.29. The summed E-state index contributed by atoms with van der Waals surface area (Å²) in [7, 11) is 5.50. The summed E-state index contributed by atoms with van der Waals surface area (Å²) in [5.74, 6) is 0.865. The Balaban J connectivity index is 0.00000484. The summed E-state index contributed by atoms with van der Waals surface area (Å²) >= 11 is 1.75. The minimum atomic E-state index is 0. The van der Waals surface area contributed by atoms with Gasteiger partial charge >= 0.3 is 0 Å². The molecule has 1 aromatic carbocycles. The SMILES string of the molecule is CN=C(NCCOCCOC)N(C)Cc1ccc(SC)cc1.I. The molecular formula is C16H28IN3O2S. The molecule has 0 aliphatic rings. The van der Waals surface area contributed by atoms with E-state index in [2.05, 4.69) is 45.7 Å². The fourth-order valence-corrected chi connectivity index (χ4v) is 2.35. The van der Waals surface area contributed by atoms with Crippen LogP contribution in [-0.2, 0) is 16.0 Å². The zero-order valence-corrected chi connectivity index (χ0v) is 17.5.